The van der Waals surface area contributed by atoms with Crippen LogP contribution in [-0.2, 0) is 11.2 Å². The molecule has 24 heavy (non-hydrogen) atoms. The number of hydrogen-bond acceptors (Lipinski definition) is 5. The van der Waals surface area contributed by atoms with Crippen LogP contribution in [0, 0.1) is 0 Å². The summed E-state index contributed by atoms with van der Waals surface area (Å²) in [7, 11) is 0. The van der Waals surface area contributed by atoms with Gasteiger partial charge in [0.15, 0.2) is 0 Å². The molecule has 1 saturated heterocycles. The van der Waals surface area contributed by atoms with Gasteiger partial charge in [-0.1, -0.05) is 0 Å². The Morgan fingerprint density at radius 3 is 2.92 bits per heavy atom. The van der Waals surface area contributed by atoms with E-state index in [4.69, 9.17) is 10.5 Å². The van der Waals surface area contributed by atoms with Crippen LogP contribution >= 0.6 is 11.3 Å². The number of benzene rings is 1. The van der Waals surface area contributed by atoms with Crippen molar-refractivity contribution in [1.82, 2.24) is 9.88 Å². The lowest BCUT2D eigenvalue weighted by atomic mass is 10.1. The summed E-state index contributed by atoms with van der Waals surface area (Å²) in [5.41, 5.74) is 7.82. The first-order valence-corrected chi connectivity index (χ1v) is 9.24. The van der Waals surface area contributed by atoms with Gasteiger partial charge in [-0.25, -0.2) is 4.98 Å². The highest BCUT2D eigenvalue weighted by molar-refractivity contribution is 7.13. The fourth-order valence-corrected chi connectivity index (χ4v) is 3.71. The Kier molecular flexibility index (Phi) is 5.48. The highest BCUT2D eigenvalue weighted by Crippen LogP contribution is 2.26. The van der Waals surface area contributed by atoms with E-state index in [1.165, 1.54) is 0 Å². The highest BCUT2D eigenvalue weighted by atomic mass is 32.1. The number of amides is 1. The topological polar surface area (TPSA) is 68.5 Å². The van der Waals surface area contributed by atoms with Crippen molar-refractivity contribution >= 4 is 17.2 Å². The molecule has 6 heteroatoms. The number of likely N-dealkylation sites (tertiary alicyclic amines) is 1. The van der Waals surface area contributed by atoms with Gasteiger partial charge >= 0.3 is 0 Å². The van der Waals surface area contributed by atoms with Crippen molar-refractivity contribution in [2.45, 2.75) is 32.2 Å². The largest absolute Gasteiger partial charge is 0.494 e. The van der Waals surface area contributed by atoms with Crippen LogP contribution in [0.25, 0.3) is 10.6 Å². The molecule has 1 amide bonds. The lowest BCUT2D eigenvalue weighted by molar-refractivity contribution is -0.131. The van der Waals surface area contributed by atoms with Crippen LogP contribution in [-0.4, -0.2) is 41.5 Å². The van der Waals surface area contributed by atoms with Crippen molar-refractivity contribution < 1.29 is 9.53 Å². The van der Waals surface area contributed by atoms with E-state index < -0.39 is 0 Å². The maximum Gasteiger partial charge on any atom is 0.228 e. The predicted molar refractivity (Wildman–Crippen MR) is 96.2 cm³/mol. The van der Waals surface area contributed by atoms with Crippen molar-refractivity contribution in [3.05, 3.63) is 35.3 Å². The molecule has 0 radical (unpaired) electrons. The number of carbonyl (C=O) groups is 1. The molecule has 1 unspecified atom stereocenters. The zero-order valence-corrected chi connectivity index (χ0v) is 14.7. The number of nitrogens with zero attached hydrogens (tertiary/aromatic N) is 2. The minimum absolute atomic E-state index is 0.109. The van der Waals surface area contributed by atoms with Crippen LogP contribution in [0.2, 0.25) is 0 Å². The lowest BCUT2D eigenvalue weighted by Crippen LogP contribution is -2.46. The molecule has 1 aliphatic heterocycles. The Balaban J connectivity index is 1.63. The average molecular weight is 345 g/mol. The van der Waals surface area contributed by atoms with Crippen LogP contribution < -0.4 is 10.5 Å². The monoisotopic (exact) mass is 345 g/mol. The van der Waals surface area contributed by atoms with Gasteiger partial charge in [0.2, 0.25) is 5.91 Å². The minimum atomic E-state index is 0.109. The van der Waals surface area contributed by atoms with Crippen LogP contribution in [0.15, 0.2) is 29.6 Å². The molecule has 1 aromatic heterocycles. The van der Waals surface area contributed by atoms with E-state index in [-0.39, 0.29) is 11.9 Å². The molecule has 1 aromatic carbocycles. The summed E-state index contributed by atoms with van der Waals surface area (Å²) in [6.07, 6.45) is 2.34. The van der Waals surface area contributed by atoms with E-state index in [0.717, 1.165) is 41.4 Å². The van der Waals surface area contributed by atoms with Gasteiger partial charge in [0.1, 0.15) is 10.8 Å². The molecule has 2 aromatic rings. The maximum atomic E-state index is 12.4. The number of ether oxygens (including phenoxy) is 1. The molecule has 0 aliphatic carbocycles. The SMILES string of the molecule is CCOc1ccc(-c2nc(CC(=O)N3CCCC(N)C3)cs2)cc1. The smallest absolute Gasteiger partial charge is 0.228 e. The Hall–Kier alpha value is -1.92. The quantitative estimate of drug-likeness (QED) is 0.905. The van der Waals surface area contributed by atoms with Gasteiger partial charge in [0, 0.05) is 30.1 Å². The third-order valence-corrected chi connectivity index (χ3v) is 5.05. The summed E-state index contributed by atoms with van der Waals surface area (Å²) in [6, 6.07) is 8.00. The molecule has 1 atom stereocenters. The van der Waals surface area contributed by atoms with Gasteiger partial charge in [0.25, 0.3) is 0 Å². The Morgan fingerprint density at radius 2 is 2.21 bits per heavy atom. The number of nitrogens with two attached hydrogens (primary N) is 1. The molecule has 1 fully saturated rings. The van der Waals surface area contributed by atoms with Gasteiger partial charge < -0.3 is 15.4 Å². The summed E-state index contributed by atoms with van der Waals surface area (Å²) in [5.74, 6) is 0.975. The third kappa shape index (κ3) is 4.13. The molecule has 5 nitrogen and oxygen atoms in total. The van der Waals surface area contributed by atoms with E-state index >= 15 is 0 Å². The normalized spacial score (nSPS) is 17.8. The van der Waals surface area contributed by atoms with Crippen LogP contribution in [0.5, 0.6) is 5.75 Å². The van der Waals surface area contributed by atoms with Crippen LogP contribution in [0.4, 0.5) is 0 Å². The van der Waals surface area contributed by atoms with E-state index in [1.54, 1.807) is 11.3 Å². The maximum absolute atomic E-state index is 12.4. The first-order valence-electron chi connectivity index (χ1n) is 8.36. The van der Waals surface area contributed by atoms with E-state index in [2.05, 4.69) is 4.98 Å². The zero-order valence-electron chi connectivity index (χ0n) is 13.9. The summed E-state index contributed by atoms with van der Waals surface area (Å²) in [5, 5.41) is 2.89. The average Bonchev–Trinajstić information content (AvgIpc) is 3.04. The fourth-order valence-electron chi connectivity index (χ4n) is 2.88. The van der Waals surface area contributed by atoms with Gasteiger partial charge in [0.05, 0.1) is 18.7 Å². The first kappa shape index (κ1) is 16.9. The number of rotatable bonds is 5. The standard InChI is InChI=1S/C18H23N3O2S/c1-2-23-16-7-5-13(6-8-16)18-20-15(12-24-18)10-17(22)21-9-3-4-14(19)11-21/h5-8,12,14H,2-4,9-11,19H2,1H3. The van der Waals surface area contributed by atoms with Crippen molar-refractivity contribution in [3.8, 4) is 16.3 Å². The molecule has 1 aliphatic rings. The molecule has 3 rings (SSSR count). The van der Waals surface area contributed by atoms with Gasteiger partial charge in [-0.2, -0.15) is 0 Å². The van der Waals surface area contributed by atoms with Gasteiger partial charge in [-0.05, 0) is 44.0 Å². The zero-order chi connectivity index (χ0) is 16.9. The summed E-state index contributed by atoms with van der Waals surface area (Å²) >= 11 is 1.56. The fraction of sp³-hybridized carbons (Fsp3) is 0.444. The summed E-state index contributed by atoms with van der Waals surface area (Å²) < 4.78 is 5.45. The number of hydrogen-bond donors (Lipinski definition) is 1. The van der Waals surface area contributed by atoms with E-state index in [1.807, 2.05) is 41.5 Å². The molecule has 2 heterocycles. The van der Waals surface area contributed by atoms with Crippen molar-refractivity contribution in [2.24, 2.45) is 5.73 Å². The highest BCUT2D eigenvalue weighted by Gasteiger charge is 2.22. The number of carbonyl (C=O) groups excluding carboxylic acids is 1. The van der Waals surface area contributed by atoms with Crippen molar-refractivity contribution in [2.75, 3.05) is 19.7 Å². The number of thiazole rings is 1. The number of aromatic nitrogens is 1. The van der Waals surface area contributed by atoms with Crippen molar-refractivity contribution in [3.63, 3.8) is 0 Å². The first-order chi connectivity index (χ1) is 11.7. The Morgan fingerprint density at radius 1 is 1.42 bits per heavy atom. The van der Waals surface area contributed by atoms with E-state index in [0.29, 0.717) is 19.6 Å². The second kappa shape index (κ2) is 7.77. The Labute approximate surface area is 146 Å². The summed E-state index contributed by atoms with van der Waals surface area (Å²) in [4.78, 5) is 18.9. The van der Waals surface area contributed by atoms with Gasteiger partial charge in [-0.15, -0.1) is 11.3 Å². The van der Waals surface area contributed by atoms with Crippen molar-refractivity contribution in [1.29, 1.82) is 0 Å². The minimum Gasteiger partial charge on any atom is -0.494 e. The van der Waals surface area contributed by atoms with Crippen LogP contribution in [0.3, 0.4) is 0 Å². The summed E-state index contributed by atoms with van der Waals surface area (Å²) in [6.45, 7) is 4.09. The predicted octanol–water partition coefficient (Wildman–Crippen LogP) is 2.70. The Bertz CT molecular complexity index is 684. The molecule has 0 saturated carbocycles. The van der Waals surface area contributed by atoms with E-state index in [9.17, 15) is 4.79 Å². The molecular weight excluding hydrogens is 322 g/mol. The molecule has 0 bridgehead atoms. The molecule has 0 spiro atoms. The van der Waals surface area contributed by atoms with Crippen LogP contribution in [0.1, 0.15) is 25.5 Å². The second-order valence-electron chi connectivity index (χ2n) is 6.02. The second-order valence-corrected chi connectivity index (χ2v) is 6.88. The lowest BCUT2D eigenvalue weighted by Gasteiger charge is -2.30. The molecule has 2 N–H and O–H groups in total. The third-order valence-electron chi connectivity index (χ3n) is 4.11. The number of piperidine rings is 1. The molecular formula is C18H23N3O2S. The molecule has 128 valence electrons. The van der Waals surface area contributed by atoms with Gasteiger partial charge in [-0.3, -0.25) is 4.79 Å².